The number of rotatable bonds is 3. The van der Waals surface area contributed by atoms with Gasteiger partial charge >= 0.3 is 0 Å². The fraction of sp³-hybridized carbons (Fsp3) is 0.0625. The third kappa shape index (κ3) is 3.23. The summed E-state index contributed by atoms with van der Waals surface area (Å²) in [4.78, 5) is 12.7. The highest BCUT2D eigenvalue weighted by atomic mass is 35.5. The maximum atomic E-state index is 6.11. The van der Waals surface area contributed by atoms with Gasteiger partial charge in [0.05, 0.1) is 11.2 Å². The third-order valence-corrected chi connectivity index (χ3v) is 3.57. The molecule has 0 saturated carbocycles. The Morgan fingerprint density at radius 3 is 2.43 bits per heavy atom. The first-order valence-corrected chi connectivity index (χ1v) is 7.31. The average Bonchev–Trinajstić information content (AvgIpc) is 2.54. The summed E-state index contributed by atoms with van der Waals surface area (Å²) in [7, 11) is 0. The van der Waals surface area contributed by atoms with E-state index >= 15 is 0 Å². The maximum Gasteiger partial charge on any atom is 0.253 e. The lowest BCUT2D eigenvalue weighted by Crippen LogP contribution is -2.22. The van der Waals surface area contributed by atoms with Crippen molar-refractivity contribution in [1.29, 1.82) is 0 Å². The van der Waals surface area contributed by atoms with E-state index in [9.17, 15) is 0 Å². The van der Waals surface area contributed by atoms with Crippen LogP contribution in [0.15, 0.2) is 47.5 Å². The highest BCUT2D eigenvalue weighted by Crippen LogP contribution is 2.30. The van der Waals surface area contributed by atoms with Crippen molar-refractivity contribution in [1.82, 2.24) is 9.97 Å². The summed E-state index contributed by atoms with van der Waals surface area (Å²) in [6.45, 7) is 0.482. The number of aliphatic imine (C=N–C) groups is 1. The van der Waals surface area contributed by atoms with Crippen LogP contribution < -0.4 is 17.2 Å². The normalized spacial score (nSPS) is 10.7. The summed E-state index contributed by atoms with van der Waals surface area (Å²) in [6.07, 6.45) is 0. The summed E-state index contributed by atoms with van der Waals surface area (Å²) in [6, 6.07) is 13.2. The van der Waals surface area contributed by atoms with Crippen molar-refractivity contribution in [3.05, 3.63) is 53.1 Å². The van der Waals surface area contributed by atoms with Crippen LogP contribution in [0.5, 0.6) is 0 Å². The smallest absolute Gasteiger partial charge is 0.253 e. The van der Waals surface area contributed by atoms with Crippen molar-refractivity contribution in [2.45, 2.75) is 6.54 Å². The molecule has 7 heteroatoms. The molecule has 3 aromatic rings. The Morgan fingerprint density at radius 2 is 1.78 bits per heavy atom. The number of nitrogens with two attached hydrogens (primary N) is 3. The topological polar surface area (TPSA) is 116 Å². The molecule has 0 saturated heterocycles. The van der Waals surface area contributed by atoms with E-state index < -0.39 is 0 Å². The van der Waals surface area contributed by atoms with Gasteiger partial charge in [-0.15, -0.1) is 0 Å². The van der Waals surface area contributed by atoms with Gasteiger partial charge in [0.2, 0.25) is 0 Å². The Kier molecular flexibility index (Phi) is 4.10. The largest absolute Gasteiger partial charge is 0.370 e. The summed E-state index contributed by atoms with van der Waals surface area (Å²) in [5.41, 5.74) is 19.9. The van der Waals surface area contributed by atoms with E-state index in [0.29, 0.717) is 22.8 Å². The lowest BCUT2D eigenvalue weighted by atomic mass is 10.0. The van der Waals surface area contributed by atoms with Crippen LogP contribution in [0.1, 0.15) is 5.56 Å². The number of aromatic nitrogens is 2. The molecule has 0 aliphatic heterocycles. The predicted octanol–water partition coefficient (Wildman–Crippen LogP) is 2.31. The Bertz CT molecular complexity index is 885. The summed E-state index contributed by atoms with van der Waals surface area (Å²) in [5, 5.41) is 1.43. The zero-order valence-corrected chi connectivity index (χ0v) is 13.0. The average molecular weight is 327 g/mol. The first-order valence-electron chi connectivity index (χ1n) is 6.93. The predicted molar refractivity (Wildman–Crippen MR) is 93.3 cm³/mol. The van der Waals surface area contributed by atoms with E-state index in [1.807, 2.05) is 36.4 Å². The lowest BCUT2D eigenvalue weighted by molar-refractivity contribution is 1.07. The van der Waals surface area contributed by atoms with Crippen LogP contribution in [0.4, 0.5) is 5.95 Å². The molecular weight excluding hydrogens is 312 g/mol. The molecule has 0 radical (unpaired) electrons. The SMILES string of the molecule is NCc1ccc(-c2nc(N=C(N)N)nc3ccc(Cl)cc23)cc1. The van der Waals surface area contributed by atoms with Crippen LogP contribution >= 0.6 is 11.6 Å². The van der Waals surface area contributed by atoms with Gasteiger partial charge in [0.25, 0.3) is 5.95 Å². The minimum atomic E-state index is -0.0947. The van der Waals surface area contributed by atoms with E-state index in [0.717, 1.165) is 16.5 Å². The van der Waals surface area contributed by atoms with Gasteiger partial charge in [-0.1, -0.05) is 35.9 Å². The molecule has 0 bridgehead atoms. The monoisotopic (exact) mass is 326 g/mol. The second kappa shape index (κ2) is 6.20. The molecule has 0 fully saturated rings. The van der Waals surface area contributed by atoms with Crippen molar-refractivity contribution < 1.29 is 0 Å². The Balaban J connectivity index is 2.26. The Hall–Kier alpha value is -2.70. The highest BCUT2D eigenvalue weighted by molar-refractivity contribution is 6.31. The Labute approximate surface area is 138 Å². The van der Waals surface area contributed by atoms with E-state index in [1.54, 1.807) is 6.07 Å². The molecule has 0 atom stereocenters. The van der Waals surface area contributed by atoms with Gasteiger partial charge in [0.1, 0.15) is 0 Å². The number of hydrogen-bond donors (Lipinski definition) is 3. The molecule has 6 nitrogen and oxygen atoms in total. The molecule has 1 aromatic heterocycles. The van der Waals surface area contributed by atoms with Gasteiger partial charge in [-0.05, 0) is 23.8 Å². The molecule has 0 aliphatic carbocycles. The zero-order chi connectivity index (χ0) is 16.4. The number of fused-ring (bicyclic) bond motifs is 1. The number of halogens is 1. The second-order valence-electron chi connectivity index (χ2n) is 4.97. The first-order chi connectivity index (χ1) is 11.1. The van der Waals surface area contributed by atoms with Crippen molar-refractivity contribution >= 4 is 34.4 Å². The zero-order valence-electron chi connectivity index (χ0n) is 12.2. The molecule has 23 heavy (non-hydrogen) atoms. The standard InChI is InChI=1S/C16H15ClN6/c17-11-5-6-13-12(7-11)14(22-16(21-13)23-15(19)20)10-3-1-9(8-18)2-4-10/h1-7H,8,18H2,(H4,19,20,21,22,23). The van der Waals surface area contributed by atoms with Gasteiger partial charge in [-0.25, -0.2) is 9.97 Å². The van der Waals surface area contributed by atoms with Gasteiger partial charge in [0.15, 0.2) is 5.96 Å². The number of benzene rings is 2. The maximum absolute atomic E-state index is 6.11. The minimum absolute atomic E-state index is 0.0947. The van der Waals surface area contributed by atoms with Gasteiger partial charge < -0.3 is 17.2 Å². The molecule has 116 valence electrons. The van der Waals surface area contributed by atoms with Crippen LogP contribution in [0, 0.1) is 0 Å². The van der Waals surface area contributed by atoms with Gasteiger partial charge in [-0.3, -0.25) is 0 Å². The number of nitrogens with zero attached hydrogens (tertiary/aromatic N) is 3. The molecule has 1 heterocycles. The molecule has 0 amide bonds. The van der Waals surface area contributed by atoms with Gasteiger partial charge in [0, 0.05) is 22.5 Å². The fourth-order valence-corrected chi connectivity index (χ4v) is 2.44. The molecule has 0 spiro atoms. The minimum Gasteiger partial charge on any atom is -0.370 e. The summed E-state index contributed by atoms with van der Waals surface area (Å²) >= 11 is 6.11. The highest BCUT2D eigenvalue weighted by Gasteiger charge is 2.10. The molecule has 0 aliphatic rings. The van der Waals surface area contributed by atoms with Crippen LogP contribution in [0.25, 0.3) is 22.2 Å². The van der Waals surface area contributed by atoms with Gasteiger partial charge in [-0.2, -0.15) is 4.99 Å². The third-order valence-electron chi connectivity index (χ3n) is 3.34. The van der Waals surface area contributed by atoms with E-state index in [1.165, 1.54) is 0 Å². The summed E-state index contributed by atoms with van der Waals surface area (Å²) in [5.74, 6) is 0.112. The number of hydrogen-bond acceptors (Lipinski definition) is 4. The van der Waals surface area contributed by atoms with Crippen molar-refractivity contribution in [3.8, 4) is 11.3 Å². The molecule has 3 rings (SSSR count). The van der Waals surface area contributed by atoms with Crippen LogP contribution in [-0.2, 0) is 6.54 Å². The molecule has 2 aromatic carbocycles. The lowest BCUT2D eigenvalue weighted by Gasteiger charge is -2.08. The number of guanidine groups is 1. The van der Waals surface area contributed by atoms with E-state index in [4.69, 9.17) is 28.8 Å². The molecule has 0 unspecified atom stereocenters. The second-order valence-corrected chi connectivity index (χ2v) is 5.41. The quantitative estimate of drug-likeness (QED) is 0.504. The fourth-order valence-electron chi connectivity index (χ4n) is 2.27. The van der Waals surface area contributed by atoms with E-state index in [2.05, 4.69) is 15.0 Å². The van der Waals surface area contributed by atoms with Crippen molar-refractivity contribution in [2.24, 2.45) is 22.2 Å². The van der Waals surface area contributed by atoms with Crippen LogP contribution in [-0.4, -0.2) is 15.9 Å². The van der Waals surface area contributed by atoms with E-state index in [-0.39, 0.29) is 11.9 Å². The molecular formula is C16H15ClN6. The Morgan fingerprint density at radius 1 is 1.04 bits per heavy atom. The van der Waals surface area contributed by atoms with Crippen molar-refractivity contribution in [2.75, 3.05) is 0 Å². The first kappa shape index (κ1) is 15.2. The van der Waals surface area contributed by atoms with Crippen molar-refractivity contribution in [3.63, 3.8) is 0 Å². The van der Waals surface area contributed by atoms with Crippen LogP contribution in [0.3, 0.4) is 0 Å². The van der Waals surface area contributed by atoms with Crippen LogP contribution in [0.2, 0.25) is 5.02 Å². The summed E-state index contributed by atoms with van der Waals surface area (Å²) < 4.78 is 0. The molecule has 6 N–H and O–H groups in total.